The second kappa shape index (κ2) is 7.17. The standard InChI is InChI=1S/C15H18N2O2S/c1-3-14-16-12(10-15(20)17-14)11-6-4-5-7-13(11)19-9-8-18-2/h4-7,10H,3,8-9H2,1-2H3,(H,16,17,20). The summed E-state index contributed by atoms with van der Waals surface area (Å²) in [4.78, 5) is 7.57. The maximum Gasteiger partial charge on any atom is 0.130 e. The van der Waals surface area contributed by atoms with E-state index in [0.29, 0.717) is 17.9 Å². The number of nitrogens with zero attached hydrogens (tertiary/aromatic N) is 1. The smallest absolute Gasteiger partial charge is 0.130 e. The average molecular weight is 290 g/mol. The van der Waals surface area contributed by atoms with E-state index in [1.165, 1.54) is 0 Å². The van der Waals surface area contributed by atoms with Crippen molar-refractivity contribution in [2.45, 2.75) is 13.3 Å². The molecule has 20 heavy (non-hydrogen) atoms. The first kappa shape index (κ1) is 14.7. The minimum Gasteiger partial charge on any atom is -0.490 e. The second-order valence-corrected chi connectivity index (χ2v) is 4.69. The van der Waals surface area contributed by atoms with E-state index in [9.17, 15) is 0 Å². The van der Waals surface area contributed by atoms with Crippen molar-refractivity contribution in [3.8, 4) is 17.0 Å². The molecule has 0 unspecified atom stereocenters. The number of methoxy groups -OCH3 is 1. The number of para-hydroxylation sites is 1. The molecule has 0 aliphatic rings. The number of aryl methyl sites for hydroxylation is 1. The van der Waals surface area contributed by atoms with Crippen molar-refractivity contribution < 1.29 is 9.47 Å². The van der Waals surface area contributed by atoms with E-state index in [2.05, 4.69) is 9.97 Å². The molecule has 0 saturated carbocycles. The Bertz CT molecular complexity index is 625. The second-order valence-electron chi connectivity index (χ2n) is 4.27. The third-order valence-electron chi connectivity index (χ3n) is 2.85. The molecule has 0 atom stereocenters. The molecule has 1 aromatic heterocycles. The number of rotatable bonds is 6. The van der Waals surface area contributed by atoms with Crippen molar-refractivity contribution >= 4 is 12.2 Å². The highest BCUT2D eigenvalue weighted by Crippen LogP contribution is 2.28. The Labute approximate surface area is 123 Å². The Balaban J connectivity index is 2.36. The van der Waals surface area contributed by atoms with Gasteiger partial charge < -0.3 is 14.5 Å². The van der Waals surface area contributed by atoms with Crippen LogP contribution in [0.15, 0.2) is 30.3 Å². The topological polar surface area (TPSA) is 47.1 Å². The molecule has 0 amide bonds. The number of aromatic nitrogens is 2. The number of H-pyrrole nitrogens is 1. The van der Waals surface area contributed by atoms with Crippen LogP contribution in [0.2, 0.25) is 0 Å². The van der Waals surface area contributed by atoms with Gasteiger partial charge in [0.25, 0.3) is 0 Å². The van der Waals surface area contributed by atoms with Crippen LogP contribution in [0.4, 0.5) is 0 Å². The molecule has 2 rings (SSSR count). The Morgan fingerprint density at radius 3 is 2.80 bits per heavy atom. The zero-order valence-corrected chi connectivity index (χ0v) is 12.5. The van der Waals surface area contributed by atoms with Crippen LogP contribution in [0.3, 0.4) is 0 Å². The summed E-state index contributed by atoms with van der Waals surface area (Å²) in [5, 5.41) is 0. The van der Waals surface area contributed by atoms with Gasteiger partial charge >= 0.3 is 0 Å². The third-order valence-corrected chi connectivity index (χ3v) is 3.06. The molecule has 0 spiro atoms. The monoisotopic (exact) mass is 290 g/mol. The lowest BCUT2D eigenvalue weighted by Gasteiger charge is -2.12. The zero-order chi connectivity index (χ0) is 14.4. The van der Waals surface area contributed by atoms with Crippen molar-refractivity contribution in [2.75, 3.05) is 20.3 Å². The van der Waals surface area contributed by atoms with Gasteiger partial charge in [-0.15, -0.1) is 0 Å². The molecule has 0 fully saturated rings. The van der Waals surface area contributed by atoms with E-state index in [-0.39, 0.29) is 0 Å². The van der Waals surface area contributed by atoms with Crippen LogP contribution in [-0.4, -0.2) is 30.3 Å². The Kier molecular flexibility index (Phi) is 5.26. The third kappa shape index (κ3) is 3.65. The van der Waals surface area contributed by atoms with Gasteiger partial charge in [-0.1, -0.05) is 31.3 Å². The van der Waals surface area contributed by atoms with Crippen molar-refractivity contribution in [3.05, 3.63) is 40.8 Å². The van der Waals surface area contributed by atoms with Crippen LogP contribution in [0, 0.1) is 4.64 Å². The van der Waals surface area contributed by atoms with E-state index in [4.69, 9.17) is 21.7 Å². The van der Waals surface area contributed by atoms with Crippen molar-refractivity contribution in [2.24, 2.45) is 0 Å². The molecule has 0 radical (unpaired) electrons. The summed E-state index contributed by atoms with van der Waals surface area (Å²) in [7, 11) is 1.66. The molecule has 0 aliphatic heterocycles. The summed E-state index contributed by atoms with van der Waals surface area (Å²) in [5.74, 6) is 1.68. The number of benzene rings is 1. The lowest BCUT2D eigenvalue weighted by molar-refractivity contribution is 0.146. The summed E-state index contributed by atoms with van der Waals surface area (Å²) in [6.45, 7) is 3.11. The first-order valence-corrected chi connectivity index (χ1v) is 6.96. The summed E-state index contributed by atoms with van der Waals surface area (Å²) >= 11 is 5.21. The Hall–Kier alpha value is -1.72. The largest absolute Gasteiger partial charge is 0.490 e. The van der Waals surface area contributed by atoms with Gasteiger partial charge in [0.15, 0.2) is 0 Å². The first-order chi connectivity index (χ1) is 9.74. The summed E-state index contributed by atoms with van der Waals surface area (Å²) in [5.41, 5.74) is 1.90. The van der Waals surface area contributed by atoms with Gasteiger partial charge in [-0.25, -0.2) is 4.98 Å². The highest BCUT2D eigenvalue weighted by Gasteiger charge is 2.07. The lowest BCUT2D eigenvalue weighted by Crippen LogP contribution is -2.05. The van der Waals surface area contributed by atoms with Crippen LogP contribution in [-0.2, 0) is 11.2 Å². The SMILES string of the molecule is CCc1nc(=S)cc(-c2ccccc2OCCOC)[nH]1. The molecule has 1 N–H and O–H groups in total. The molecule has 1 aromatic carbocycles. The predicted octanol–water partition coefficient (Wildman–Crippen LogP) is 3.39. The van der Waals surface area contributed by atoms with E-state index in [0.717, 1.165) is 29.3 Å². The maximum atomic E-state index is 5.75. The van der Waals surface area contributed by atoms with Gasteiger partial charge in [0, 0.05) is 19.1 Å². The summed E-state index contributed by atoms with van der Waals surface area (Å²) in [6.07, 6.45) is 0.810. The normalized spacial score (nSPS) is 10.5. The fourth-order valence-corrected chi connectivity index (χ4v) is 2.10. The van der Waals surface area contributed by atoms with Crippen LogP contribution in [0.5, 0.6) is 5.75 Å². The van der Waals surface area contributed by atoms with Gasteiger partial charge in [-0.3, -0.25) is 0 Å². The highest BCUT2D eigenvalue weighted by molar-refractivity contribution is 7.71. The average Bonchev–Trinajstić information content (AvgIpc) is 2.47. The lowest BCUT2D eigenvalue weighted by atomic mass is 10.1. The predicted molar refractivity (Wildman–Crippen MR) is 81.6 cm³/mol. The van der Waals surface area contributed by atoms with Gasteiger partial charge in [-0.05, 0) is 18.2 Å². The number of aromatic amines is 1. The molecule has 4 nitrogen and oxygen atoms in total. The molecule has 5 heteroatoms. The van der Waals surface area contributed by atoms with Crippen molar-refractivity contribution in [1.29, 1.82) is 0 Å². The van der Waals surface area contributed by atoms with Crippen LogP contribution >= 0.6 is 12.2 Å². The minimum absolute atomic E-state index is 0.514. The number of nitrogens with one attached hydrogen (secondary N) is 1. The highest BCUT2D eigenvalue weighted by atomic mass is 32.1. The summed E-state index contributed by atoms with van der Waals surface area (Å²) < 4.78 is 11.3. The molecule has 1 heterocycles. The molecule has 106 valence electrons. The fraction of sp³-hybridized carbons (Fsp3) is 0.333. The van der Waals surface area contributed by atoms with E-state index in [1.54, 1.807) is 7.11 Å². The molecular formula is C15H18N2O2S. The summed E-state index contributed by atoms with van der Waals surface area (Å²) in [6, 6.07) is 9.72. The molecule has 2 aromatic rings. The van der Waals surface area contributed by atoms with E-state index < -0.39 is 0 Å². The number of hydrogen-bond donors (Lipinski definition) is 1. The van der Waals surface area contributed by atoms with Crippen LogP contribution in [0.1, 0.15) is 12.7 Å². The van der Waals surface area contributed by atoms with Crippen molar-refractivity contribution in [1.82, 2.24) is 9.97 Å². The molecule has 0 saturated heterocycles. The minimum atomic E-state index is 0.514. The number of ether oxygens (including phenoxy) is 2. The Morgan fingerprint density at radius 1 is 1.25 bits per heavy atom. The van der Waals surface area contributed by atoms with Gasteiger partial charge in [0.05, 0.1) is 12.3 Å². The van der Waals surface area contributed by atoms with E-state index in [1.807, 2.05) is 37.3 Å². The fourth-order valence-electron chi connectivity index (χ4n) is 1.87. The number of hydrogen-bond acceptors (Lipinski definition) is 4. The van der Waals surface area contributed by atoms with Gasteiger partial charge in [0.1, 0.15) is 22.8 Å². The quantitative estimate of drug-likeness (QED) is 0.654. The molecule has 0 aliphatic carbocycles. The van der Waals surface area contributed by atoms with Crippen molar-refractivity contribution in [3.63, 3.8) is 0 Å². The zero-order valence-electron chi connectivity index (χ0n) is 11.7. The van der Waals surface area contributed by atoms with Crippen LogP contribution < -0.4 is 4.74 Å². The van der Waals surface area contributed by atoms with Gasteiger partial charge in [-0.2, -0.15) is 0 Å². The molecule has 0 bridgehead atoms. The van der Waals surface area contributed by atoms with Crippen LogP contribution in [0.25, 0.3) is 11.3 Å². The van der Waals surface area contributed by atoms with Gasteiger partial charge in [0.2, 0.25) is 0 Å². The van der Waals surface area contributed by atoms with E-state index >= 15 is 0 Å². The molecular weight excluding hydrogens is 272 g/mol. The Morgan fingerprint density at radius 2 is 2.05 bits per heavy atom. The maximum absolute atomic E-state index is 5.75. The first-order valence-electron chi connectivity index (χ1n) is 6.56.